The van der Waals surface area contributed by atoms with E-state index in [0.29, 0.717) is 42.3 Å². The molecular weight excluding hydrogens is 442 g/mol. The summed E-state index contributed by atoms with van der Waals surface area (Å²) in [5.41, 5.74) is 7.99. The van der Waals surface area contributed by atoms with Gasteiger partial charge in [-0.3, -0.25) is 9.40 Å². The summed E-state index contributed by atoms with van der Waals surface area (Å²) < 4.78 is 33.9. The highest BCUT2D eigenvalue weighted by molar-refractivity contribution is 7.92. The number of hydrogen-bond acceptors (Lipinski definition) is 8. The van der Waals surface area contributed by atoms with Gasteiger partial charge in [0.2, 0.25) is 5.95 Å². The lowest BCUT2D eigenvalue weighted by molar-refractivity contribution is 0.413. The van der Waals surface area contributed by atoms with E-state index in [-0.39, 0.29) is 16.9 Å². The van der Waals surface area contributed by atoms with Crippen LogP contribution in [0.25, 0.3) is 11.0 Å². The van der Waals surface area contributed by atoms with Crippen LogP contribution in [-0.2, 0) is 16.4 Å². The number of para-hydroxylation sites is 1. The lowest BCUT2D eigenvalue weighted by Crippen LogP contribution is -2.33. The Morgan fingerprint density at radius 1 is 1.18 bits per heavy atom. The molecule has 0 amide bonds. The van der Waals surface area contributed by atoms with Crippen LogP contribution in [0.4, 0.5) is 17.5 Å². The van der Waals surface area contributed by atoms with Crippen LogP contribution in [0, 0.1) is 0 Å². The van der Waals surface area contributed by atoms with E-state index in [0.717, 1.165) is 10.9 Å². The number of nitrogens with zero attached hydrogens (tertiary/aromatic N) is 4. The number of anilines is 3. The van der Waals surface area contributed by atoms with Gasteiger partial charge in [0.25, 0.3) is 10.0 Å². The second-order valence-corrected chi connectivity index (χ2v) is 9.64. The minimum atomic E-state index is -3.80. The highest BCUT2D eigenvalue weighted by atomic mass is 32.2. The van der Waals surface area contributed by atoms with E-state index in [1.54, 1.807) is 24.4 Å². The van der Waals surface area contributed by atoms with Gasteiger partial charge in [-0.25, -0.2) is 8.42 Å². The molecule has 2 aromatic heterocycles. The summed E-state index contributed by atoms with van der Waals surface area (Å²) in [6.45, 7) is 0.295. The van der Waals surface area contributed by atoms with Gasteiger partial charge in [0, 0.05) is 18.7 Å². The van der Waals surface area contributed by atoms with E-state index in [1.165, 1.54) is 17.5 Å². The number of aromatic amines is 1. The van der Waals surface area contributed by atoms with Crippen molar-refractivity contribution < 1.29 is 13.2 Å². The van der Waals surface area contributed by atoms with Crippen LogP contribution in [0.5, 0.6) is 5.75 Å². The fourth-order valence-electron chi connectivity index (χ4n) is 4.11. The summed E-state index contributed by atoms with van der Waals surface area (Å²) in [6.07, 6.45) is 2.81. The number of aromatic nitrogens is 4. The number of ether oxygens (including phenoxy) is 1. The molecule has 0 aliphatic carbocycles. The van der Waals surface area contributed by atoms with Crippen LogP contribution < -0.4 is 20.1 Å². The lowest BCUT2D eigenvalue weighted by Gasteiger charge is -2.24. The molecule has 0 saturated carbocycles. The molecule has 10 nitrogen and oxygen atoms in total. The Kier molecular flexibility index (Phi) is 5.25. The number of nitrogens with two attached hydrogens (primary N) is 1. The minimum Gasteiger partial charge on any atom is -0.497 e. The number of fused-ring (bicyclic) bond motifs is 2. The summed E-state index contributed by atoms with van der Waals surface area (Å²) in [5.74, 6) is 1.19. The van der Waals surface area contributed by atoms with Crippen molar-refractivity contribution in [1.29, 1.82) is 0 Å². The molecule has 3 heterocycles. The minimum absolute atomic E-state index is 0.0796. The second kappa shape index (κ2) is 8.24. The summed E-state index contributed by atoms with van der Waals surface area (Å²) in [6, 6.07) is 14.0. The fraction of sp³-hybridized carbons (Fsp3) is 0.227. The van der Waals surface area contributed by atoms with E-state index >= 15 is 0 Å². The van der Waals surface area contributed by atoms with Gasteiger partial charge >= 0.3 is 0 Å². The maximum absolute atomic E-state index is 13.6. The molecule has 0 bridgehead atoms. The SMILES string of the molecule is COc1cccc(S(=O)(=O)N2CCC(Nc3nc(N)nc4[nH]ncc34)Cc3ccccc32)c1. The van der Waals surface area contributed by atoms with Crippen LogP contribution >= 0.6 is 0 Å². The maximum atomic E-state index is 13.6. The van der Waals surface area contributed by atoms with E-state index in [1.807, 2.05) is 24.3 Å². The lowest BCUT2D eigenvalue weighted by atomic mass is 10.0. The van der Waals surface area contributed by atoms with Gasteiger partial charge in [0.05, 0.1) is 29.3 Å². The normalized spacial score (nSPS) is 16.3. The molecule has 33 heavy (non-hydrogen) atoms. The number of rotatable bonds is 5. The summed E-state index contributed by atoms with van der Waals surface area (Å²) in [7, 11) is -2.28. The van der Waals surface area contributed by atoms with Crippen molar-refractivity contribution in [2.45, 2.75) is 23.8 Å². The number of nitrogens with one attached hydrogen (secondary N) is 2. The number of benzene rings is 2. The first kappa shape index (κ1) is 21.0. The fourth-order valence-corrected chi connectivity index (χ4v) is 5.66. The van der Waals surface area contributed by atoms with E-state index in [9.17, 15) is 8.42 Å². The van der Waals surface area contributed by atoms with E-state index in [4.69, 9.17) is 10.5 Å². The van der Waals surface area contributed by atoms with Gasteiger partial charge in [0.1, 0.15) is 11.6 Å². The molecule has 1 unspecified atom stereocenters. The van der Waals surface area contributed by atoms with Crippen LogP contribution in [0.2, 0.25) is 0 Å². The Morgan fingerprint density at radius 3 is 2.88 bits per heavy atom. The number of sulfonamides is 1. The van der Waals surface area contributed by atoms with E-state index < -0.39 is 10.0 Å². The highest BCUT2D eigenvalue weighted by Gasteiger charge is 2.31. The second-order valence-electron chi connectivity index (χ2n) is 7.78. The molecule has 4 N–H and O–H groups in total. The Balaban J connectivity index is 1.49. The Hall–Kier alpha value is -3.86. The number of nitrogen functional groups attached to an aromatic ring is 1. The van der Waals surface area contributed by atoms with Crippen LogP contribution in [0.1, 0.15) is 12.0 Å². The summed E-state index contributed by atoms with van der Waals surface area (Å²) >= 11 is 0. The number of H-pyrrole nitrogens is 1. The quantitative estimate of drug-likeness (QED) is 0.409. The molecule has 4 aromatic rings. The molecule has 170 valence electrons. The van der Waals surface area contributed by atoms with Gasteiger partial charge in [0.15, 0.2) is 5.65 Å². The zero-order chi connectivity index (χ0) is 23.0. The standard InChI is InChI=1S/C22H23N7O3S/c1-32-16-6-4-7-17(12-16)33(30,31)29-10-9-15(11-14-5-2-3-8-19(14)29)25-20-18-13-24-28-21(18)27-22(23)26-20/h2-8,12-13,15H,9-11H2,1H3,(H4,23,24,25,26,27,28). The molecule has 5 rings (SSSR count). The van der Waals surface area contributed by atoms with Crippen molar-refractivity contribution in [2.75, 3.05) is 29.0 Å². The van der Waals surface area contributed by atoms with Gasteiger partial charge in [-0.1, -0.05) is 24.3 Å². The zero-order valence-electron chi connectivity index (χ0n) is 17.9. The number of methoxy groups -OCH3 is 1. The monoisotopic (exact) mass is 465 g/mol. The predicted octanol–water partition coefficient (Wildman–Crippen LogP) is 2.57. The largest absolute Gasteiger partial charge is 0.497 e. The van der Waals surface area contributed by atoms with Gasteiger partial charge in [-0.05, 0) is 36.6 Å². The molecule has 0 saturated heterocycles. The van der Waals surface area contributed by atoms with Gasteiger partial charge < -0.3 is 15.8 Å². The summed E-state index contributed by atoms with van der Waals surface area (Å²) in [5, 5.41) is 11.0. The number of hydrogen-bond donors (Lipinski definition) is 3. The Morgan fingerprint density at radius 2 is 2.03 bits per heavy atom. The van der Waals surface area contributed by atoms with Crippen molar-refractivity contribution in [3.63, 3.8) is 0 Å². The molecule has 1 aliphatic heterocycles. The first-order chi connectivity index (χ1) is 16.0. The van der Waals surface area contributed by atoms with Crippen molar-refractivity contribution in [1.82, 2.24) is 20.2 Å². The smallest absolute Gasteiger partial charge is 0.264 e. The van der Waals surface area contributed by atoms with Crippen molar-refractivity contribution >= 4 is 38.5 Å². The molecule has 2 aromatic carbocycles. The van der Waals surface area contributed by atoms with Crippen molar-refractivity contribution in [3.8, 4) is 5.75 Å². The van der Waals surface area contributed by atoms with Crippen LogP contribution in [-0.4, -0.2) is 48.3 Å². The zero-order valence-corrected chi connectivity index (χ0v) is 18.7. The maximum Gasteiger partial charge on any atom is 0.264 e. The third kappa shape index (κ3) is 3.91. The Bertz CT molecular complexity index is 1420. The first-order valence-corrected chi connectivity index (χ1v) is 11.9. The van der Waals surface area contributed by atoms with Crippen molar-refractivity contribution in [3.05, 3.63) is 60.3 Å². The molecule has 1 atom stereocenters. The third-order valence-corrected chi connectivity index (χ3v) is 7.51. The van der Waals surface area contributed by atoms with Gasteiger partial charge in [-0.15, -0.1) is 0 Å². The average molecular weight is 466 g/mol. The van der Waals surface area contributed by atoms with Crippen LogP contribution in [0.3, 0.4) is 0 Å². The molecule has 11 heteroatoms. The predicted molar refractivity (Wildman–Crippen MR) is 126 cm³/mol. The van der Waals surface area contributed by atoms with Gasteiger partial charge in [-0.2, -0.15) is 15.1 Å². The highest BCUT2D eigenvalue weighted by Crippen LogP contribution is 2.33. The Labute approximate surface area is 190 Å². The first-order valence-electron chi connectivity index (χ1n) is 10.4. The van der Waals surface area contributed by atoms with Crippen LogP contribution in [0.15, 0.2) is 59.6 Å². The topological polar surface area (TPSA) is 139 Å². The molecule has 0 fully saturated rings. The molecule has 1 aliphatic rings. The van der Waals surface area contributed by atoms with Crippen molar-refractivity contribution in [2.24, 2.45) is 0 Å². The molecular formula is C22H23N7O3S. The molecule has 0 spiro atoms. The third-order valence-electron chi connectivity index (χ3n) is 5.70. The summed E-state index contributed by atoms with van der Waals surface area (Å²) in [4.78, 5) is 8.67. The van der Waals surface area contributed by atoms with E-state index in [2.05, 4.69) is 25.5 Å². The molecule has 0 radical (unpaired) electrons. The average Bonchev–Trinajstić information content (AvgIpc) is 3.20.